The predicted octanol–water partition coefficient (Wildman–Crippen LogP) is 3.42. The highest BCUT2D eigenvalue weighted by molar-refractivity contribution is 4.97. The largest absolute Gasteiger partial charge is 0.309 e. The molecule has 0 aromatic heterocycles. The van der Waals surface area contributed by atoms with Crippen molar-refractivity contribution in [3.63, 3.8) is 0 Å². The maximum atomic E-state index is 3.74. The van der Waals surface area contributed by atoms with E-state index in [2.05, 4.69) is 44.8 Å². The normalized spacial score (nSPS) is 41.8. The van der Waals surface area contributed by atoms with Crippen molar-refractivity contribution in [3.8, 4) is 0 Å². The van der Waals surface area contributed by atoms with E-state index in [-0.39, 0.29) is 0 Å². The van der Waals surface area contributed by atoms with E-state index < -0.39 is 0 Å². The van der Waals surface area contributed by atoms with Gasteiger partial charge in [-0.25, -0.2) is 0 Å². The summed E-state index contributed by atoms with van der Waals surface area (Å²) in [5.74, 6) is 0. The van der Waals surface area contributed by atoms with Crippen molar-refractivity contribution in [1.82, 2.24) is 10.2 Å². The molecule has 2 aliphatic rings. The van der Waals surface area contributed by atoms with Gasteiger partial charge in [-0.15, -0.1) is 0 Å². The molecule has 3 unspecified atom stereocenters. The molecular formula is C16H32N2. The van der Waals surface area contributed by atoms with Gasteiger partial charge in [-0.3, -0.25) is 4.90 Å². The van der Waals surface area contributed by atoms with Crippen LogP contribution < -0.4 is 5.32 Å². The Morgan fingerprint density at radius 2 is 2.00 bits per heavy atom. The van der Waals surface area contributed by atoms with E-state index in [1.54, 1.807) is 0 Å². The number of hydrogen-bond acceptors (Lipinski definition) is 2. The predicted molar refractivity (Wildman–Crippen MR) is 78.9 cm³/mol. The molecule has 2 fully saturated rings. The Balaban J connectivity index is 2.05. The molecule has 0 bridgehead atoms. The molecule has 1 heterocycles. The van der Waals surface area contributed by atoms with Gasteiger partial charge in [0.05, 0.1) is 0 Å². The maximum absolute atomic E-state index is 3.74. The molecular weight excluding hydrogens is 220 g/mol. The van der Waals surface area contributed by atoms with E-state index in [0.29, 0.717) is 17.0 Å². The van der Waals surface area contributed by atoms with Crippen molar-refractivity contribution in [3.05, 3.63) is 0 Å². The van der Waals surface area contributed by atoms with Gasteiger partial charge in [0.1, 0.15) is 0 Å². The Bertz CT molecular complexity index is 287. The molecule has 2 rings (SSSR count). The Kier molecular flexibility index (Phi) is 4.08. The van der Waals surface area contributed by atoms with Crippen molar-refractivity contribution >= 4 is 0 Å². The van der Waals surface area contributed by atoms with Crippen LogP contribution in [0.1, 0.15) is 66.7 Å². The number of rotatable bonds is 2. The van der Waals surface area contributed by atoms with Gasteiger partial charge in [0, 0.05) is 30.7 Å². The second kappa shape index (κ2) is 5.13. The highest BCUT2D eigenvalue weighted by atomic mass is 15.3. The van der Waals surface area contributed by atoms with Crippen molar-refractivity contribution in [2.24, 2.45) is 5.41 Å². The lowest BCUT2D eigenvalue weighted by Crippen LogP contribution is -2.64. The minimum atomic E-state index is 0.327. The molecule has 0 aromatic carbocycles. The lowest BCUT2D eigenvalue weighted by Gasteiger charge is -2.51. The van der Waals surface area contributed by atoms with Gasteiger partial charge < -0.3 is 5.32 Å². The third-order valence-electron chi connectivity index (χ3n) is 5.35. The molecule has 1 saturated carbocycles. The Hall–Kier alpha value is -0.0800. The summed E-state index contributed by atoms with van der Waals surface area (Å²) < 4.78 is 0. The Morgan fingerprint density at radius 3 is 2.61 bits per heavy atom. The zero-order chi connectivity index (χ0) is 13.4. The van der Waals surface area contributed by atoms with Crippen LogP contribution in [0, 0.1) is 5.41 Å². The van der Waals surface area contributed by atoms with Gasteiger partial charge in [-0.2, -0.15) is 0 Å². The molecule has 1 aliphatic heterocycles. The van der Waals surface area contributed by atoms with Crippen LogP contribution in [0.2, 0.25) is 0 Å². The van der Waals surface area contributed by atoms with Crippen LogP contribution in [0.3, 0.4) is 0 Å². The minimum Gasteiger partial charge on any atom is -0.309 e. The molecule has 3 atom stereocenters. The molecule has 106 valence electrons. The maximum Gasteiger partial charge on any atom is 0.0278 e. The van der Waals surface area contributed by atoms with Crippen molar-refractivity contribution in [1.29, 1.82) is 0 Å². The minimum absolute atomic E-state index is 0.327. The molecule has 0 aromatic rings. The molecule has 2 heteroatoms. The van der Waals surface area contributed by atoms with Crippen molar-refractivity contribution < 1.29 is 0 Å². The smallest absolute Gasteiger partial charge is 0.0278 e. The summed E-state index contributed by atoms with van der Waals surface area (Å²) in [5, 5.41) is 3.74. The van der Waals surface area contributed by atoms with Gasteiger partial charge >= 0.3 is 0 Å². The quantitative estimate of drug-likeness (QED) is 0.810. The lowest BCUT2D eigenvalue weighted by molar-refractivity contribution is 0.0143. The van der Waals surface area contributed by atoms with Crippen LogP contribution in [0.5, 0.6) is 0 Å². The summed E-state index contributed by atoms with van der Waals surface area (Å²) >= 11 is 0. The fourth-order valence-electron chi connectivity index (χ4n) is 3.79. The first-order valence-electron chi connectivity index (χ1n) is 7.86. The molecule has 1 N–H and O–H groups in total. The Morgan fingerprint density at radius 1 is 1.28 bits per heavy atom. The highest BCUT2D eigenvalue weighted by Gasteiger charge is 2.39. The van der Waals surface area contributed by atoms with Crippen LogP contribution in [0.15, 0.2) is 0 Å². The van der Waals surface area contributed by atoms with Gasteiger partial charge in [0.25, 0.3) is 0 Å². The molecule has 18 heavy (non-hydrogen) atoms. The average molecular weight is 252 g/mol. The van der Waals surface area contributed by atoms with Crippen LogP contribution in [0.4, 0.5) is 0 Å². The number of hydrogen-bond donors (Lipinski definition) is 1. The van der Waals surface area contributed by atoms with Crippen LogP contribution in [-0.4, -0.2) is 35.6 Å². The molecule has 0 amide bonds. The van der Waals surface area contributed by atoms with Crippen LogP contribution in [-0.2, 0) is 0 Å². The summed E-state index contributed by atoms with van der Waals surface area (Å²) in [7, 11) is 0. The Labute approximate surface area is 114 Å². The topological polar surface area (TPSA) is 15.3 Å². The molecule has 1 aliphatic carbocycles. The SMILES string of the molecule is CCC1(C)CN(C2CCCC(C)(C)C2)C(C)CN1. The van der Waals surface area contributed by atoms with E-state index in [1.165, 1.54) is 38.6 Å². The summed E-state index contributed by atoms with van der Waals surface area (Å²) in [6.07, 6.45) is 6.85. The van der Waals surface area contributed by atoms with Gasteiger partial charge in [-0.1, -0.05) is 27.2 Å². The monoisotopic (exact) mass is 252 g/mol. The van der Waals surface area contributed by atoms with E-state index in [0.717, 1.165) is 12.6 Å². The fraction of sp³-hybridized carbons (Fsp3) is 1.00. The van der Waals surface area contributed by atoms with E-state index in [9.17, 15) is 0 Å². The lowest BCUT2D eigenvalue weighted by atomic mass is 9.74. The second-order valence-electron chi connectivity index (χ2n) is 7.73. The van der Waals surface area contributed by atoms with Crippen LogP contribution >= 0.6 is 0 Å². The average Bonchev–Trinajstić information content (AvgIpc) is 2.31. The highest BCUT2D eigenvalue weighted by Crippen LogP contribution is 2.38. The number of piperazine rings is 1. The summed E-state index contributed by atoms with van der Waals surface area (Å²) in [6, 6.07) is 1.51. The first-order valence-corrected chi connectivity index (χ1v) is 7.86. The molecule has 0 radical (unpaired) electrons. The molecule has 0 spiro atoms. The number of nitrogens with one attached hydrogen (secondary N) is 1. The molecule has 2 nitrogen and oxygen atoms in total. The number of nitrogens with zero attached hydrogens (tertiary/aromatic N) is 1. The first kappa shape index (κ1) is 14.3. The zero-order valence-corrected chi connectivity index (χ0v) is 13.1. The molecule has 1 saturated heterocycles. The van der Waals surface area contributed by atoms with Gasteiger partial charge in [0.15, 0.2) is 0 Å². The van der Waals surface area contributed by atoms with Crippen molar-refractivity contribution in [2.75, 3.05) is 13.1 Å². The third kappa shape index (κ3) is 3.08. The van der Waals surface area contributed by atoms with E-state index >= 15 is 0 Å². The van der Waals surface area contributed by atoms with E-state index in [4.69, 9.17) is 0 Å². The second-order valence-corrected chi connectivity index (χ2v) is 7.73. The third-order valence-corrected chi connectivity index (χ3v) is 5.35. The van der Waals surface area contributed by atoms with E-state index in [1.807, 2.05) is 0 Å². The summed E-state index contributed by atoms with van der Waals surface area (Å²) in [6.45, 7) is 14.4. The van der Waals surface area contributed by atoms with Gasteiger partial charge in [-0.05, 0) is 44.9 Å². The van der Waals surface area contributed by atoms with Crippen LogP contribution in [0.25, 0.3) is 0 Å². The summed E-state index contributed by atoms with van der Waals surface area (Å²) in [5.41, 5.74) is 0.879. The first-order chi connectivity index (χ1) is 8.35. The van der Waals surface area contributed by atoms with Gasteiger partial charge in [0.2, 0.25) is 0 Å². The van der Waals surface area contributed by atoms with Crippen molar-refractivity contribution in [2.45, 2.75) is 84.3 Å². The standard InChI is InChI=1S/C16H32N2/c1-6-16(5)12-18(13(2)11-17-16)14-8-7-9-15(3,4)10-14/h13-14,17H,6-12H2,1-5H3. The summed E-state index contributed by atoms with van der Waals surface area (Å²) in [4.78, 5) is 2.81. The zero-order valence-electron chi connectivity index (χ0n) is 13.1. The fourth-order valence-corrected chi connectivity index (χ4v) is 3.79.